The minimum Gasteiger partial charge on any atom is -0.496 e. The Kier molecular flexibility index (Phi) is 4.98. The Bertz CT molecular complexity index is 918. The van der Waals surface area contributed by atoms with Crippen molar-refractivity contribution in [2.24, 2.45) is 0 Å². The first kappa shape index (κ1) is 17.6. The Balaban J connectivity index is 2.32. The summed E-state index contributed by atoms with van der Waals surface area (Å²) in [6.45, 7) is 0. The van der Waals surface area contributed by atoms with Crippen molar-refractivity contribution in [2.75, 3.05) is 21.3 Å². The van der Waals surface area contributed by atoms with E-state index in [0.29, 0.717) is 28.4 Å². The van der Waals surface area contributed by atoms with Gasteiger partial charge in [-0.1, -0.05) is 42.5 Å². The van der Waals surface area contributed by atoms with Crippen molar-refractivity contribution in [3.63, 3.8) is 0 Å². The second kappa shape index (κ2) is 7.35. The van der Waals surface area contributed by atoms with Gasteiger partial charge >= 0.3 is 5.97 Å². The molecule has 0 bridgehead atoms. The lowest BCUT2D eigenvalue weighted by Gasteiger charge is -2.21. The van der Waals surface area contributed by atoms with Gasteiger partial charge in [0, 0.05) is 12.1 Å². The van der Waals surface area contributed by atoms with Crippen LogP contribution in [0, 0.1) is 0 Å². The first-order valence-electron chi connectivity index (χ1n) is 8.11. The predicted octanol–water partition coefficient (Wildman–Crippen LogP) is 4.08. The first-order valence-corrected chi connectivity index (χ1v) is 8.11. The second-order valence-corrected chi connectivity index (χ2v) is 5.79. The number of hydrogen-bond donors (Lipinski definition) is 1. The molecule has 0 amide bonds. The topological polar surface area (TPSA) is 65.0 Å². The van der Waals surface area contributed by atoms with E-state index in [9.17, 15) is 9.90 Å². The first-order chi connectivity index (χ1) is 12.6. The van der Waals surface area contributed by atoms with Gasteiger partial charge in [-0.05, 0) is 16.3 Å². The number of carboxylic acid groups (broad SMARTS) is 1. The maximum absolute atomic E-state index is 12.3. The van der Waals surface area contributed by atoms with Gasteiger partial charge in [-0.2, -0.15) is 0 Å². The van der Waals surface area contributed by atoms with Crippen LogP contribution < -0.4 is 14.2 Å². The van der Waals surface area contributed by atoms with Crippen molar-refractivity contribution in [3.8, 4) is 17.2 Å². The molecule has 0 fully saturated rings. The number of carboxylic acids is 1. The normalized spacial score (nSPS) is 11.8. The van der Waals surface area contributed by atoms with Crippen LogP contribution >= 0.6 is 0 Å². The van der Waals surface area contributed by atoms with Gasteiger partial charge in [0.25, 0.3) is 0 Å². The van der Waals surface area contributed by atoms with E-state index in [0.717, 1.165) is 10.8 Å². The van der Waals surface area contributed by atoms with Gasteiger partial charge in [-0.25, -0.2) is 0 Å². The van der Waals surface area contributed by atoms with E-state index in [4.69, 9.17) is 14.2 Å². The number of rotatable bonds is 6. The molecule has 0 aliphatic rings. The van der Waals surface area contributed by atoms with Gasteiger partial charge in [0.05, 0.1) is 26.9 Å². The zero-order valence-corrected chi connectivity index (χ0v) is 14.9. The number of methoxy groups -OCH3 is 3. The molecule has 0 saturated heterocycles. The van der Waals surface area contributed by atoms with E-state index in [1.807, 2.05) is 42.5 Å². The van der Waals surface area contributed by atoms with Gasteiger partial charge in [0.1, 0.15) is 23.2 Å². The Morgan fingerprint density at radius 1 is 0.885 bits per heavy atom. The second-order valence-electron chi connectivity index (χ2n) is 5.79. The monoisotopic (exact) mass is 352 g/mol. The highest BCUT2D eigenvalue weighted by atomic mass is 16.5. The molecule has 0 aromatic heterocycles. The molecule has 5 nitrogen and oxygen atoms in total. The molecule has 3 aromatic carbocycles. The number of ether oxygens (including phenoxy) is 3. The van der Waals surface area contributed by atoms with E-state index < -0.39 is 11.9 Å². The summed E-state index contributed by atoms with van der Waals surface area (Å²) in [5, 5.41) is 11.9. The Morgan fingerprint density at radius 3 is 2.08 bits per heavy atom. The smallest absolute Gasteiger partial charge is 0.315 e. The predicted molar refractivity (Wildman–Crippen MR) is 99.5 cm³/mol. The summed E-state index contributed by atoms with van der Waals surface area (Å²) < 4.78 is 16.2. The molecule has 26 heavy (non-hydrogen) atoms. The molecule has 0 radical (unpaired) electrons. The maximum Gasteiger partial charge on any atom is 0.315 e. The number of aliphatic carboxylic acids is 1. The maximum atomic E-state index is 12.3. The van der Waals surface area contributed by atoms with Crippen LogP contribution in [0.1, 0.15) is 17.0 Å². The van der Waals surface area contributed by atoms with Crippen molar-refractivity contribution >= 4 is 16.7 Å². The summed E-state index contributed by atoms with van der Waals surface area (Å²) in [7, 11) is 4.53. The fourth-order valence-corrected chi connectivity index (χ4v) is 3.23. The molecule has 0 spiro atoms. The summed E-state index contributed by atoms with van der Waals surface area (Å²) in [5.41, 5.74) is 1.14. The van der Waals surface area contributed by atoms with E-state index in [-0.39, 0.29) is 0 Å². The van der Waals surface area contributed by atoms with Crippen LogP contribution in [-0.4, -0.2) is 32.4 Å². The van der Waals surface area contributed by atoms with Gasteiger partial charge in [0.15, 0.2) is 0 Å². The molecule has 0 aliphatic heterocycles. The van der Waals surface area contributed by atoms with Crippen molar-refractivity contribution < 1.29 is 24.1 Å². The van der Waals surface area contributed by atoms with Crippen LogP contribution in [0.5, 0.6) is 17.2 Å². The third-order valence-corrected chi connectivity index (χ3v) is 4.42. The molecule has 0 heterocycles. The van der Waals surface area contributed by atoms with Gasteiger partial charge < -0.3 is 19.3 Å². The van der Waals surface area contributed by atoms with Gasteiger partial charge in [-0.3, -0.25) is 4.79 Å². The molecule has 5 heteroatoms. The summed E-state index contributed by atoms with van der Waals surface area (Å²) in [6, 6.07) is 16.7. The van der Waals surface area contributed by atoms with Crippen LogP contribution in [0.15, 0.2) is 54.6 Å². The number of hydrogen-bond acceptors (Lipinski definition) is 4. The third-order valence-electron chi connectivity index (χ3n) is 4.42. The van der Waals surface area contributed by atoms with Crippen LogP contribution in [-0.2, 0) is 4.79 Å². The minimum absolute atomic E-state index is 0.404. The molecule has 3 aromatic rings. The summed E-state index contributed by atoms with van der Waals surface area (Å²) in [4.78, 5) is 12.3. The number of carbonyl (C=O) groups is 1. The average Bonchev–Trinajstić information content (AvgIpc) is 2.67. The molecule has 3 rings (SSSR count). The highest BCUT2D eigenvalue weighted by Gasteiger charge is 2.31. The summed E-state index contributed by atoms with van der Waals surface area (Å²) >= 11 is 0. The quantitative estimate of drug-likeness (QED) is 0.724. The molecule has 1 atom stereocenters. The third kappa shape index (κ3) is 3.04. The fraction of sp³-hybridized carbons (Fsp3) is 0.190. The average molecular weight is 352 g/mol. The van der Waals surface area contributed by atoms with E-state index in [1.54, 1.807) is 12.1 Å². The molecule has 0 saturated carbocycles. The fourth-order valence-electron chi connectivity index (χ4n) is 3.23. The highest BCUT2D eigenvalue weighted by molar-refractivity contribution is 5.93. The van der Waals surface area contributed by atoms with E-state index in [1.165, 1.54) is 21.3 Å². The largest absolute Gasteiger partial charge is 0.496 e. The molecular weight excluding hydrogens is 332 g/mol. The number of fused-ring (bicyclic) bond motifs is 1. The zero-order chi connectivity index (χ0) is 18.7. The lowest BCUT2D eigenvalue weighted by molar-refractivity contribution is -0.137. The Morgan fingerprint density at radius 2 is 1.50 bits per heavy atom. The van der Waals surface area contributed by atoms with Crippen molar-refractivity contribution in [3.05, 3.63) is 65.7 Å². The lowest BCUT2D eigenvalue weighted by Crippen LogP contribution is -2.16. The van der Waals surface area contributed by atoms with Crippen LogP contribution in [0.3, 0.4) is 0 Å². The number of benzene rings is 3. The Hall–Kier alpha value is -3.21. The van der Waals surface area contributed by atoms with Crippen LogP contribution in [0.4, 0.5) is 0 Å². The highest BCUT2D eigenvalue weighted by Crippen LogP contribution is 2.43. The zero-order valence-electron chi connectivity index (χ0n) is 14.9. The minimum atomic E-state index is -0.983. The molecular formula is C21H20O5. The van der Waals surface area contributed by atoms with Crippen molar-refractivity contribution in [2.45, 2.75) is 5.92 Å². The van der Waals surface area contributed by atoms with Gasteiger partial charge in [-0.15, -0.1) is 0 Å². The molecule has 1 N–H and O–H groups in total. The molecule has 1 unspecified atom stereocenters. The molecule has 0 aliphatic carbocycles. The van der Waals surface area contributed by atoms with E-state index >= 15 is 0 Å². The standard InChI is InChI=1S/C21H20O5/c1-24-14-11-17(25-2)20(18(12-14)26-3)19(21(22)23)16-10-6-8-13-7-4-5-9-15(13)16/h4-12,19H,1-3H3,(H,22,23). The Labute approximate surface area is 151 Å². The van der Waals surface area contributed by atoms with E-state index in [2.05, 4.69) is 0 Å². The van der Waals surface area contributed by atoms with Crippen LogP contribution in [0.25, 0.3) is 10.8 Å². The SMILES string of the molecule is COc1cc(OC)c(C(C(=O)O)c2cccc3ccccc23)c(OC)c1. The lowest BCUT2D eigenvalue weighted by atomic mass is 9.86. The van der Waals surface area contributed by atoms with Crippen molar-refractivity contribution in [1.82, 2.24) is 0 Å². The van der Waals surface area contributed by atoms with Crippen molar-refractivity contribution in [1.29, 1.82) is 0 Å². The summed E-state index contributed by atoms with van der Waals surface area (Å²) in [5.74, 6) is -0.590. The summed E-state index contributed by atoms with van der Waals surface area (Å²) in [6.07, 6.45) is 0. The van der Waals surface area contributed by atoms with Gasteiger partial charge in [0.2, 0.25) is 0 Å². The molecule has 134 valence electrons. The van der Waals surface area contributed by atoms with Crippen LogP contribution in [0.2, 0.25) is 0 Å².